The Kier molecular flexibility index (Phi) is 19.0. The van der Waals surface area contributed by atoms with Gasteiger partial charge in [-0.05, 0) is 59.0 Å². The van der Waals surface area contributed by atoms with E-state index in [-0.39, 0.29) is 18.4 Å². The zero-order valence-corrected chi connectivity index (χ0v) is 21.5. The standard InChI is InChI=1S/C28H49NO4/c1-4-5-6-7-8-9-10-11-12-13-14-15-16-17-18-19-24-31-28-21-20-26(33-28)25-32-27(30)22-23-29(2)3/h5-6,8-9,11-12,26,28H,4,7,10,13-25H2,1-3H3/b6-5-,9-8-,12-11-/t26-,28+/m0/s1. The SMILES string of the molecule is CC/C=C\C/C=C\C/C=C\CCCCCCCCO[C@H]1CC[C@@H](COC(=O)CCN(C)C)O1. The fourth-order valence-electron chi connectivity index (χ4n) is 3.60. The summed E-state index contributed by atoms with van der Waals surface area (Å²) in [5.74, 6) is -0.157. The van der Waals surface area contributed by atoms with E-state index in [4.69, 9.17) is 14.2 Å². The fourth-order valence-corrected chi connectivity index (χ4v) is 3.60. The lowest BCUT2D eigenvalue weighted by Gasteiger charge is -2.15. The van der Waals surface area contributed by atoms with E-state index in [1.807, 2.05) is 19.0 Å². The van der Waals surface area contributed by atoms with Gasteiger partial charge >= 0.3 is 5.97 Å². The Bertz CT molecular complexity index is 556. The lowest BCUT2D eigenvalue weighted by molar-refractivity contribution is -0.160. The molecule has 1 aliphatic heterocycles. The van der Waals surface area contributed by atoms with Crippen LogP contribution in [0.4, 0.5) is 0 Å². The molecule has 2 atom stereocenters. The van der Waals surface area contributed by atoms with E-state index in [2.05, 4.69) is 43.4 Å². The highest BCUT2D eigenvalue weighted by molar-refractivity contribution is 5.69. The van der Waals surface area contributed by atoms with E-state index in [0.717, 1.165) is 45.1 Å². The summed E-state index contributed by atoms with van der Waals surface area (Å²) < 4.78 is 17.0. The number of hydrogen-bond acceptors (Lipinski definition) is 5. The quantitative estimate of drug-likeness (QED) is 0.116. The summed E-state index contributed by atoms with van der Waals surface area (Å²) in [5, 5.41) is 0. The van der Waals surface area contributed by atoms with E-state index in [0.29, 0.717) is 19.6 Å². The molecule has 1 saturated heterocycles. The van der Waals surface area contributed by atoms with Crippen molar-refractivity contribution in [3.8, 4) is 0 Å². The van der Waals surface area contributed by atoms with Crippen molar-refractivity contribution >= 4 is 5.97 Å². The van der Waals surface area contributed by atoms with Crippen LogP contribution in [0.5, 0.6) is 0 Å². The number of ether oxygens (including phenoxy) is 3. The van der Waals surface area contributed by atoms with Crippen molar-refractivity contribution in [2.75, 3.05) is 33.9 Å². The summed E-state index contributed by atoms with van der Waals surface area (Å²) in [6.45, 7) is 3.97. The van der Waals surface area contributed by atoms with Gasteiger partial charge in [-0.2, -0.15) is 0 Å². The molecule has 0 bridgehead atoms. The molecule has 33 heavy (non-hydrogen) atoms. The van der Waals surface area contributed by atoms with Crippen LogP contribution in [-0.4, -0.2) is 57.1 Å². The van der Waals surface area contributed by atoms with Crippen LogP contribution in [-0.2, 0) is 19.0 Å². The van der Waals surface area contributed by atoms with Crippen molar-refractivity contribution in [3.63, 3.8) is 0 Å². The molecule has 0 aromatic rings. The van der Waals surface area contributed by atoms with Gasteiger partial charge in [-0.3, -0.25) is 4.79 Å². The molecule has 0 amide bonds. The van der Waals surface area contributed by atoms with Gasteiger partial charge in [0.05, 0.1) is 12.5 Å². The number of unbranched alkanes of at least 4 members (excludes halogenated alkanes) is 6. The van der Waals surface area contributed by atoms with Crippen molar-refractivity contribution in [2.45, 2.75) is 103 Å². The van der Waals surface area contributed by atoms with Gasteiger partial charge in [0, 0.05) is 19.6 Å². The Hall–Kier alpha value is -1.43. The smallest absolute Gasteiger partial charge is 0.307 e. The third kappa shape index (κ3) is 18.7. The largest absolute Gasteiger partial charge is 0.463 e. The first kappa shape index (κ1) is 29.6. The molecule has 0 spiro atoms. The van der Waals surface area contributed by atoms with Gasteiger partial charge in [0.15, 0.2) is 6.29 Å². The summed E-state index contributed by atoms with van der Waals surface area (Å²) in [7, 11) is 3.89. The number of nitrogens with zero attached hydrogens (tertiary/aromatic N) is 1. The van der Waals surface area contributed by atoms with Gasteiger partial charge in [-0.1, -0.05) is 69.1 Å². The summed E-state index contributed by atoms with van der Waals surface area (Å²) in [4.78, 5) is 13.7. The predicted molar refractivity (Wildman–Crippen MR) is 137 cm³/mol. The van der Waals surface area contributed by atoms with Gasteiger partial charge < -0.3 is 19.1 Å². The van der Waals surface area contributed by atoms with Crippen molar-refractivity contribution in [1.82, 2.24) is 4.90 Å². The predicted octanol–water partition coefficient (Wildman–Crippen LogP) is 6.59. The Morgan fingerprint density at radius 1 is 0.909 bits per heavy atom. The first-order chi connectivity index (χ1) is 16.1. The molecule has 0 saturated carbocycles. The third-order valence-electron chi connectivity index (χ3n) is 5.61. The number of carbonyl (C=O) groups excluding carboxylic acids is 1. The molecule has 1 rings (SSSR count). The van der Waals surface area contributed by atoms with Crippen molar-refractivity contribution in [1.29, 1.82) is 0 Å². The molecule has 5 heteroatoms. The number of allylic oxidation sites excluding steroid dienone is 6. The minimum atomic E-state index is -0.157. The number of esters is 1. The molecule has 1 heterocycles. The molecule has 0 radical (unpaired) electrons. The van der Waals surface area contributed by atoms with Crippen molar-refractivity contribution < 1.29 is 19.0 Å². The first-order valence-electron chi connectivity index (χ1n) is 13.1. The monoisotopic (exact) mass is 463 g/mol. The van der Waals surface area contributed by atoms with Crippen molar-refractivity contribution in [2.24, 2.45) is 0 Å². The van der Waals surface area contributed by atoms with Gasteiger partial charge in [-0.25, -0.2) is 0 Å². The summed E-state index contributed by atoms with van der Waals surface area (Å²) in [6, 6.07) is 0. The zero-order valence-electron chi connectivity index (χ0n) is 21.5. The maximum Gasteiger partial charge on any atom is 0.307 e. The molecule has 0 aromatic heterocycles. The molecule has 0 N–H and O–H groups in total. The summed E-state index contributed by atoms with van der Waals surface area (Å²) in [6.07, 6.45) is 27.5. The number of carbonyl (C=O) groups is 1. The maximum atomic E-state index is 11.7. The second-order valence-electron chi connectivity index (χ2n) is 9.08. The first-order valence-corrected chi connectivity index (χ1v) is 13.1. The molecule has 190 valence electrons. The Balaban J connectivity index is 1.86. The van der Waals surface area contributed by atoms with Crippen molar-refractivity contribution in [3.05, 3.63) is 36.5 Å². The normalized spacial score (nSPS) is 19.0. The van der Waals surface area contributed by atoms with E-state index in [9.17, 15) is 4.79 Å². The van der Waals surface area contributed by atoms with E-state index in [1.165, 1.54) is 38.5 Å². The van der Waals surface area contributed by atoms with Crippen LogP contribution in [0.2, 0.25) is 0 Å². The average Bonchev–Trinajstić information content (AvgIpc) is 3.26. The van der Waals surface area contributed by atoms with Crippen LogP contribution in [0, 0.1) is 0 Å². The van der Waals surface area contributed by atoms with Crippen LogP contribution >= 0.6 is 0 Å². The Morgan fingerprint density at radius 3 is 2.30 bits per heavy atom. The molecule has 1 aliphatic rings. The van der Waals surface area contributed by atoms with Gasteiger partial charge in [-0.15, -0.1) is 0 Å². The van der Waals surface area contributed by atoms with Crippen LogP contribution in [0.15, 0.2) is 36.5 Å². The average molecular weight is 464 g/mol. The molecule has 5 nitrogen and oxygen atoms in total. The lowest BCUT2D eigenvalue weighted by atomic mass is 10.1. The molecule has 0 unspecified atom stereocenters. The van der Waals surface area contributed by atoms with E-state index in [1.54, 1.807) is 0 Å². The van der Waals surface area contributed by atoms with Crippen LogP contribution in [0.25, 0.3) is 0 Å². The molecular formula is C28H49NO4. The maximum absolute atomic E-state index is 11.7. The molecule has 0 aromatic carbocycles. The van der Waals surface area contributed by atoms with Crippen LogP contribution in [0.1, 0.15) is 90.4 Å². The van der Waals surface area contributed by atoms with Gasteiger partial charge in [0.2, 0.25) is 0 Å². The summed E-state index contributed by atoms with van der Waals surface area (Å²) in [5.41, 5.74) is 0. The molecule has 0 aliphatic carbocycles. The minimum Gasteiger partial charge on any atom is -0.463 e. The Morgan fingerprint density at radius 2 is 1.58 bits per heavy atom. The van der Waals surface area contributed by atoms with Crippen LogP contribution in [0.3, 0.4) is 0 Å². The van der Waals surface area contributed by atoms with Crippen LogP contribution < -0.4 is 0 Å². The number of hydrogen-bond donors (Lipinski definition) is 0. The van der Waals surface area contributed by atoms with E-state index >= 15 is 0 Å². The summed E-state index contributed by atoms with van der Waals surface area (Å²) >= 11 is 0. The molecular weight excluding hydrogens is 414 g/mol. The number of rotatable bonds is 20. The van der Waals surface area contributed by atoms with E-state index < -0.39 is 0 Å². The third-order valence-corrected chi connectivity index (χ3v) is 5.61. The second-order valence-corrected chi connectivity index (χ2v) is 9.08. The highest BCUT2D eigenvalue weighted by atomic mass is 16.7. The van der Waals surface area contributed by atoms with Gasteiger partial charge in [0.1, 0.15) is 6.61 Å². The topological polar surface area (TPSA) is 48.0 Å². The highest BCUT2D eigenvalue weighted by Gasteiger charge is 2.26. The fraction of sp³-hybridized carbons (Fsp3) is 0.750. The van der Waals surface area contributed by atoms with Gasteiger partial charge in [0.25, 0.3) is 0 Å². The minimum absolute atomic E-state index is 0.0219. The highest BCUT2D eigenvalue weighted by Crippen LogP contribution is 2.21. The molecule has 1 fully saturated rings. The second kappa shape index (κ2) is 21.1. The Labute approximate surface area is 203 Å². The zero-order chi connectivity index (χ0) is 24.0. The lowest BCUT2D eigenvalue weighted by Crippen LogP contribution is -2.23.